The van der Waals surface area contributed by atoms with Gasteiger partial charge in [0.05, 0.1) is 39.0 Å². The van der Waals surface area contributed by atoms with E-state index in [1.165, 1.54) is 10.8 Å². The molecule has 0 saturated carbocycles. The van der Waals surface area contributed by atoms with Crippen LogP contribution in [-0.2, 0) is 0 Å². The lowest BCUT2D eigenvalue weighted by Crippen LogP contribution is -2.00. The number of furan rings is 2. The van der Waals surface area contributed by atoms with Crippen LogP contribution in [0.2, 0.25) is 0 Å². The van der Waals surface area contributed by atoms with Gasteiger partial charge in [0, 0.05) is 54.2 Å². The molecule has 10 aromatic carbocycles. The molecular weight excluding hydrogens is 859 g/mol. The third kappa shape index (κ3) is 5.72. The van der Waals surface area contributed by atoms with Gasteiger partial charge in [-0.3, -0.25) is 0 Å². The van der Waals surface area contributed by atoms with Crippen LogP contribution in [0.25, 0.3) is 144 Å². The maximum Gasteiger partial charge on any atom is 0.167 e. The van der Waals surface area contributed by atoms with Crippen LogP contribution in [-0.4, -0.2) is 24.1 Å². The fourth-order valence-corrected chi connectivity index (χ4v) is 10.8. The Morgan fingerprint density at radius 2 is 0.700 bits per heavy atom. The van der Waals surface area contributed by atoms with Gasteiger partial charge in [-0.2, -0.15) is 0 Å². The largest absolute Gasteiger partial charge is 0.454 e. The average molecular weight is 896 g/mol. The van der Waals surface area contributed by atoms with Gasteiger partial charge in [0.2, 0.25) is 0 Å². The molecule has 0 spiro atoms. The second kappa shape index (κ2) is 15.0. The normalized spacial score (nSPS) is 12.0. The molecule has 0 aliphatic rings. The lowest BCUT2D eigenvalue weighted by Gasteiger charge is -2.10. The SMILES string of the molecule is c1ccc(-c2nc(-c3ccccc3)nc(-c3cccc4c3oc3c(-n5c6ccccc6c6cc(-c7ccc8c(c7)c7ccccc7n8-c7cccc8c7oc7ccccc78)ccc65)cccc34)n2)cc1. The van der Waals surface area contributed by atoms with E-state index in [2.05, 4.69) is 155 Å². The standard InChI is InChI=1S/C63H37N5O2/c1-3-16-38(17-4-1)61-64-62(39-18-5-2-6-19-39)66-63(65-61)48-26-13-23-46-47-25-15-30-56(60(47)70-58(46)48)68-52-28-11-8-21-43(52)50-37-41(33-35-54(50)68)40-32-34-53-49(36-40)42-20-7-10-27-51(42)67(53)55-29-14-24-45-44-22-9-12-31-57(44)69-59(45)55/h1-37H. The number of hydrogen-bond donors (Lipinski definition) is 0. The molecule has 0 bridgehead atoms. The molecule has 0 amide bonds. The summed E-state index contributed by atoms with van der Waals surface area (Å²) in [7, 11) is 0. The molecule has 0 N–H and O–H groups in total. The summed E-state index contributed by atoms with van der Waals surface area (Å²) in [5.41, 5.74) is 14.6. The van der Waals surface area contributed by atoms with Crippen molar-refractivity contribution in [2.24, 2.45) is 0 Å². The van der Waals surface area contributed by atoms with Crippen molar-refractivity contribution in [2.75, 3.05) is 0 Å². The van der Waals surface area contributed by atoms with Crippen LogP contribution in [0.5, 0.6) is 0 Å². The van der Waals surface area contributed by atoms with Gasteiger partial charge < -0.3 is 18.0 Å². The van der Waals surface area contributed by atoms with Crippen molar-refractivity contribution in [1.29, 1.82) is 0 Å². The van der Waals surface area contributed by atoms with Crippen molar-refractivity contribution in [2.45, 2.75) is 0 Å². The topological polar surface area (TPSA) is 74.8 Å². The van der Waals surface area contributed by atoms with Crippen LogP contribution >= 0.6 is 0 Å². The van der Waals surface area contributed by atoms with Gasteiger partial charge in [0.25, 0.3) is 0 Å². The molecular formula is C63H37N5O2. The Morgan fingerprint density at radius 3 is 1.29 bits per heavy atom. The molecule has 5 aromatic heterocycles. The van der Waals surface area contributed by atoms with E-state index in [1.54, 1.807) is 0 Å². The number of benzene rings is 10. The lowest BCUT2D eigenvalue weighted by atomic mass is 10.0. The van der Waals surface area contributed by atoms with E-state index in [0.29, 0.717) is 17.5 Å². The molecule has 15 rings (SSSR count). The van der Waals surface area contributed by atoms with Gasteiger partial charge >= 0.3 is 0 Å². The fourth-order valence-electron chi connectivity index (χ4n) is 10.8. The predicted molar refractivity (Wildman–Crippen MR) is 285 cm³/mol. The minimum atomic E-state index is 0.551. The zero-order valence-corrected chi connectivity index (χ0v) is 37.4. The minimum absolute atomic E-state index is 0.551. The molecule has 0 fully saturated rings. The van der Waals surface area contributed by atoms with E-state index in [0.717, 1.165) is 116 Å². The average Bonchev–Trinajstić information content (AvgIpc) is 4.19. The molecule has 0 atom stereocenters. The Kier molecular flexibility index (Phi) is 8.23. The van der Waals surface area contributed by atoms with Gasteiger partial charge in [0.1, 0.15) is 11.2 Å². The third-order valence-corrected chi connectivity index (χ3v) is 14.0. The van der Waals surface area contributed by atoms with Crippen molar-refractivity contribution in [3.05, 3.63) is 224 Å². The van der Waals surface area contributed by atoms with E-state index in [1.807, 2.05) is 78.9 Å². The van der Waals surface area contributed by atoms with Crippen molar-refractivity contribution in [3.63, 3.8) is 0 Å². The fraction of sp³-hybridized carbons (Fsp3) is 0. The van der Waals surface area contributed by atoms with Gasteiger partial charge in [-0.25, -0.2) is 15.0 Å². The summed E-state index contributed by atoms with van der Waals surface area (Å²) >= 11 is 0. The van der Waals surface area contributed by atoms with Gasteiger partial charge in [-0.05, 0) is 71.8 Å². The molecule has 7 heteroatoms. The zero-order valence-electron chi connectivity index (χ0n) is 37.4. The van der Waals surface area contributed by atoms with Crippen molar-refractivity contribution in [1.82, 2.24) is 24.1 Å². The van der Waals surface area contributed by atoms with E-state index >= 15 is 0 Å². The Bertz CT molecular complexity index is 4540. The van der Waals surface area contributed by atoms with Crippen molar-refractivity contribution < 1.29 is 8.83 Å². The van der Waals surface area contributed by atoms with Crippen molar-refractivity contribution in [3.8, 4) is 56.7 Å². The third-order valence-electron chi connectivity index (χ3n) is 14.0. The monoisotopic (exact) mass is 895 g/mol. The second-order valence-corrected chi connectivity index (χ2v) is 17.9. The van der Waals surface area contributed by atoms with Crippen LogP contribution in [0.3, 0.4) is 0 Å². The highest BCUT2D eigenvalue weighted by Gasteiger charge is 2.23. The Morgan fingerprint density at radius 1 is 0.271 bits per heavy atom. The second-order valence-electron chi connectivity index (χ2n) is 17.9. The first kappa shape index (κ1) is 38.5. The summed E-state index contributed by atoms with van der Waals surface area (Å²) < 4.78 is 18.4. The van der Waals surface area contributed by atoms with Gasteiger partial charge in [-0.1, -0.05) is 164 Å². The summed E-state index contributed by atoms with van der Waals surface area (Å²) in [6, 6.07) is 78.5. The summed E-state index contributed by atoms with van der Waals surface area (Å²) in [6.45, 7) is 0. The number of fused-ring (bicyclic) bond motifs is 12. The van der Waals surface area contributed by atoms with E-state index in [4.69, 9.17) is 23.8 Å². The van der Waals surface area contributed by atoms with Gasteiger partial charge in [0.15, 0.2) is 28.6 Å². The molecule has 0 unspecified atom stereocenters. The number of aromatic nitrogens is 5. The Balaban J connectivity index is 0.884. The molecule has 5 heterocycles. The number of para-hydroxylation sites is 6. The summed E-state index contributed by atoms with van der Waals surface area (Å²) in [6.07, 6.45) is 0. The Labute approximate surface area is 399 Å². The maximum atomic E-state index is 7.09. The van der Waals surface area contributed by atoms with Crippen LogP contribution in [0.4, 0.5) is 0 Å². The number of nitrogens with zero attached hydrogens (tertiary/aromatic N) is 5. The molecule has 0 radical (unpaired) electrons. The van der Waals surface area contributed by atoms with E-state index in [-0.39, 0.29) is 0 Å². The molecule has 0 aliphatic carbocycles. The van der Waals surface area contributed by atoms with Crippen LogP contribution in [0.15, 0.2) is 233 Å². The van der Waals surface area contributed by atoms with Gasteiger partial charge in [-0.15, -0.1) is 0 Å². The Hall–Kier alpha value is -9.59. The molecule has 0 aliphatic heterocycles. The first-order chi connectivity index (χ1) is 34.7. The number of rotatable bonds is 6. The molecule has 0 saturated heterocycles. The highest BCUT2D eigenvalue weighted by Crippen LogP contribution is 2.43. The predicted octanol–water partition coefficient (Wildman–Crippen LogP) is 16.5. The highest BCUT2D eigenvalue weighted by atomic mass is 16.3. The lowest BCUT2D eigenvalue weighted by molar-refractivity contribution is 0.666. The summed E-state index contributed by atoms with van der Waals surface area (Å²) in [5.74, 6) is 1.76. The van der Waals surface area contributed by atoms with Crippen molar-refractivity contribution >= 4 is 87.5 Å². The van der Waals surface area contributed by atoms with Crippen LogP contribution in [0.1, 0.15) is 0 Å². The van der Waals surface area contributed by atoms with Crippen LogP contribution in [0, 0.1) is 0 Å². The molecule has 7 nitrogen and oxygen atoms in total. The zero-order chi connectivity index (χ0) is 45.9. The highest BCUT2D eigenvalue weighted by molar-refractivity contribution is 6.16. The summed E-state index contributed by atoms with van der Waals surface area (Å²) in [4.78, 5) is 15.1. The smallest absolute Gasteiger partial charge is 0.167 e. The van der Waals surface area contributed by atoms with Crippen LogP contribution < -0.4 is 0 Å². The quantitative estimate of drug-likeness (QED) is 0.166. The molecule has 326 valence electrons. The van der Waals surface area contributed by atoms with E-state index in [9.17, 15) is 0 Å². The summed E-state index contributed by atoms with van der Waals surface area (Å²) in [5, 5.41) is 8.94. The maximum absolute atomic E-state index is 7.09. The molecule has 70 heavy (non-hydrogen) atoms. The van der Waals surface area contributed by atoms with E-state index < -0.39 is 0 Å². The number of hydrogen-bond acceptors (Lipinski definition) is 5. The minimum Gasteiger partial charge on any atom is -0.454 e. The first-order valence-corrected chi connectivity index (χ1v) is 23.5. The molecule has 15 aromatic rings. The first-order valence-electron chi connectivity index (χ1n) is 23.5.